The van der Waals surface area contributed by atoms with Gasteiger partial charge in [0.15, 0.2) is 0 Å². The van der Waals surface area contributed by atoms with E-state index in [4.69, 9.17) is 0 Å². The van der Waals surface area contributed by atoms with Crippen molar-refractivity contribution in [2.24, 2.45) is 0 Å². The normalized spacial score (nSPS) is 12.2. The van der Waals surface area contributed by atoms with E-state index in [1.165, 1.54) is 6.92 Å². The number of aldehydes is 1. The Kier molecular flexibility index (Phi) is 4.13. The maximum Gasteiger partial charge on any atom is 0.217 e. The molecule has 1 atom stereocenters. The Bertz CT molecular complexity index is 116. The standard InChI is InChI=1S/C5H8NO2S/c1-4(8)6-5(2-7)3-9/h2,5H,3H2,1H3,(H,6,8)/t5-/m1/s1. The quantitative estimate of drug-likeness (QED) is 0.564. The summed E-state index contributed by atoms with van der Waals surface area (Å²) in [5, 5.41) is 2.37. The fourth-order valence-electron chi connectivity index (χ4n) is 0.376. The van der Waals surface area contributed by atoms with Crippen molar-refractivity contribution >= 4 is 24.8 Å². The molecule has 0 aliphatic rings. The van der Waals surface area contributed by atoms with Crippen LogP contribution in [0.25, 0.3) is 0 Å². The van der Waals surface area contributed by atoms with Crippen molar-refractivity contribution in [2.75, 3.05) is 5.75 Å². The number of nitrogens with one attached hydrogen (secondary N) is 1. The monoisotopic (exact) mass is 146 g/mol. The van der Waals surface area contributed by atoms with Gasteiger partial charge in [-0.1, -0.05) is 12.6 Å². The third kappa shape index (κ3) is 4.02. The molecule has 0 bridgehead atoms. The number of amides is 1. The first kappa shape index (κ1) is 8.49. The zero-order valence-corrected chi connectivity index (χ0v) is 5.90. The van der Waals surface area contributed by atoms with Gasteiger partial charge >= 0.3 is 0 Å². The molecule has 1 amide bonds. The van der Waals surface area contributed by atoms with Crippen LogP contribution in [-0.2, 0) is 9.59 Å². The molecule has 0 saturated heterocycles. The molecule has 0 aromatic rings. The number of carbonyl (C=O) groups excluding carboxylic acids is 2. The van der Waals surface area contributed by atoms with E-state index in [1.54, 1.807) is 0 Å². The first-order valence-electron chi connectivity index (χ1n) is 2.51. The van der Waals surface area contributed by atoms with Gasteiger partial charge in [-0.3, -0.25) is 4.79 Å². The molecule has 0 heterocycles. The van der Waals surface area contributed by atoms with Crippen LogP contribution < -0.4 is 5.32 Å². The molecule has 0 fully saturated rings. The summed E-state index contributed by atoms with van der Waals surface area (Å²) >= 11 is 4.55. The predicted octanol–water partition coefficient (Wildman–Crippen LogP) is -0.113. The average Bonchev–Trinajstić information content (AvgIpc) is 1.82. The highest BCUT2D eigenvalue weighted by atomic mass is 32.1. The Morgan fingerprint density at radius 2 is 2.44 bits per heavy atom. The molecule has 0 aliphatic carbocycles. The lowest BCUT2D eigenvalue weighted by atomic mass is 10.4. The van der Waals surface area contributed by atoms with Crippen molar-refractivity contribution in [3.05, 3.63) is 0 Å². The van der Waals surface area contributed by atoms with Crippen LogP contribution in [0, 0.1) is 0 Å². The van der Waals surface area contributed by atoms with Crippen molar-refractivity contribution in [1.29, 1.82) is 0 Å². The summed E-state index contributed by atoms with van der Waals surface area (Å²) < 4.78 is 0. The average molecular weight is 146 g/mol. The van der Waals surface area contributed by atoms with E-state index < -0.39 is 6.04 Å². The van der Waals surface area contributed by atoms with Crippen LogP contribution in [0.5, 0.6) is 0 Å². The minimum absolute atomic E-state index is 0.225. The van der Waals surface area contributed by atoms with Gasteiger partial charge in [0, 0.05) is 12.7 Å². The van der Waals surface area contributed by atoms with Crippen molar-refractivity contribution in [3.8, 4) is 0 Å². The van der Waals surface area contributed by atoms with Crippen molar-refractivity contribution < 1.29 is 9.59 Å². The van der Waals surface area contributed by atoms with Crippen LogP contribution in [0.3, 0.4) is 0 Å². The summed E-state index contributed by atoms with van der Waals surface area (Å²) in [7, 11) is 0. The first-order chi connectivity index (χ1) is 4.20. The second-order valence-electron chi connectivity index (χ2n) is 1.61. The molecule has 9 heavy (non-hydrogen) atoms. The summed E-state index contributed by atoms with van der Waals surface area (Å²) in [5.41, 5.74) is 0. The van der Waals surface area contributed by atoms with E-state index in [1.807, 2.05) is 0 Å². The molecule has 1 N–H and O–H groups in total. The maximum atomic E-state index is 10.3. The van der Waals surface area contributed by atoms with E-state index in [2.05, 4.69) is 17.9 Å². The van der Waals surface area contributed by atoms with Gasteiger partial charge in [0.25, 0.3) is 0 Å². The number of rotatable bonds is 3. The Morgan fingerprint density at radius 3 is 2.56 bits per heavy atom. The lowest BCUT2D eigenvalue weighted by molar-refractivity contribution is -0.121. The summed E-state index contributed by atoms with van der Waals surface area (Å²) in [4.78, 5) is 20.2. The molecule has 0 unspecified atom stereocenters. The minimum Gasteiger partial charge on any atom is -0.346 e. The fraction of sp³-hybridized carbons (Fsp3) is 0.600. The van der Waals surface area contributed by atoms with E-state index in [0.29, 0.717) is 6.29 Å². The van der Waals surface area contributed by atoms with Gasteiger partial charge in [0.05, 0.1) is 6.04 Å². The van der Waals surface area contributed by atoms with E-state index in [-0.39, 0.29) is 11.7 Å². The van der Waals surface area contributed by atoms with Crippen LogP contribution in [0.4, 0.5) is 0 Å². The third-order valence-electron chi connectivity index (χ3n) is 0.732. The Balaban J connectivity index is 3.55. The Labute approximate surface area is 59.2 Å². The highest BCUT2D eigenvalue weighted by Crippen LogP contribution is 1.81. The zero-order valence-electron chi connectivity index (χ0n) is 5.09. The SMILES string of the molecule is CC(=O)N[C@H](C=O)C[S]. The summed E-state index contributed by atoms with van der Waals surface area (Å²) in [6, 6.07) is -0.488. The van der Waals surface area contributed by atoms with E-state index >= 15 is 0 Å². The van der Waals surface area contributed by atoms with E-state index in [9.17, 15) is 9.59 Å². The minimum atomic E-state index is -0.488. The van der Waals surface area contributed by atoms with Gasteiger partial charge in [-0.2, -0.15) is 0 Å². The van der Waals surface area contributed by atoms with Gasteiger partial charge in [-0.15, -0.1) is 0 Å². The third-order valence-corrected chi connectivity index (χ3v) is 1.09. The molecule has 51 valence electrons. The van der Waals surface area contributed by atoms with Crippen LogP contribution >= 0.6 is 12.6 Å². The van der Waals surface area contributed by atoms with Crippen molar-refractivity contribution in [2.45, 2.75) is 13.0 Å². The molecule has 3 nitrogen and oxygen atoms in total. The number of carbonyl (C=O) groups is 2. The van der Waals surface area contributed by atoms with Crippen molar-refractivity contribution in [3.63, 3.8) is 0 Å². The maximum absolute atomic E-state index is 10.3. The summed E-state index contributed by atoms with van der Waals surface area (Å²) in [5.74, 6) is 0.0141. The van der Waals surface area contributed by atoms with E-state index in [0.717, 1.165) is 0 Å². The topological polar surface area (TPSA) is 46.2 Å². The van der Waals surface area contributed by atoms with Gasteiger partial charge in [-0.25, -0.2) is 0 Å². The smallest absolute Gasteiger partial charge is 0.217 e. The van der Waals surface area contributed by atoms with Gasteiger partial charge in [0.2, 0.25) is 5.91 Å². The lowest BCUT2D eigenvalue weighted by Crippen LogP contribution is -2.35. The molecule has 1 radical (unpaired) electrons. The lowest BCUT2D eigenvalue weighted by Gasteiger charge is -2.04. The highest BCUT2D eigenvalue weighted by Gasteiger charge is 2.03. The second-order valence-corrected chi connectivity index (χ2v) is 1.94. The molecule has 0 aromatic heterocycles. The number of hydrogen-bond donors (Lipinski definition) is 1. The molecule has 0 spiro atoms. The largest absolute Gasteiger partial charge is 0.346 e. The number of hydrogen-bond acceptors (Lipinski definition) is 2. The zero-order chi connectivity index (χ0) is 7.28. The van der Waals surface area contributed by atoms with Gasteiger partial charge in [0.1, 0.15) is 6.29 Å². The molecule has 0 saturated carbocycles. The molecule has 4 heteroatoms. The van der Waals surface area contributed by atoms with Gasteiger partial charge in [-0.05, 0) is 0 Å². The summed E-state index contributed by atoms with van der Waals surface area (Å²) in [6.07, 6.45) is 0.633. The first-order valence-corrected chi connectivity index (χ1v) is 3.09. The summed E-state index contributed by atoms with van der Waals surface area (Å²) in [6.45, 7) is 1.35. The molecule has 0 rings (SSSR count). The predicted molar refractivity (Wildman–Crippen MR) is 36.1 cm³/mol. The second kappa shape index (κ2) is 4.38. The van der Waals surface area contributed by atoms with Crippen LogP contribution in [0.15, 0.2) is 0 Å². The van der Waals surface area contributed by atoms with Crippen LogP contribution in [-0.4, -0.2) is 24.0 Å². The van der Waals surface area contributed by atoms with Gasteiger partial charge < -0.3 is 10.1 Å². The fourth-order valence-corrected chi connectivity index (χ4v) is 0.538. The Hall–Kier alpha value is -0.510. The van der Waals surface area contributed by atoms with Crippen LogP contribution in [0.2, 0.25) is 0 Å². The van der Waals surface area contributed by atoms with Crippen LogP contribution in [0.1, 0.15) is 6.92 Å². The molecular weight excluding hydrogens is 138 g/mol. The van der Waals surface area contributed by atoms with Crippen molar-refractivity contribution in [1.82, 2.24) is 5.32 Å². The molecular formula is C5H8NO2S. The molecule has 0 aliphatic heterocycles. The Morgan fingerprint density at radius 1 is 1.89 bits per heavy atom. The molecule has 0 aromatic carbocycles. The highest BCUT2D eigenvalue weighted by molar-refractivity contribution is 7.80.